The highest BCUT2D eigenvalue weighted by Gasteiger charge is 2.25. The lowest BCUT2D eigenvalue weighted by Gasteiger charge is -1.92. The molecule has 0 bridgehead atoms. The average Bonchev–Trinajstić information content (AvgIpc) is 2.28. The number of ketones is 1. The van der Waals surface area contributed by atoms with Gasteiger partial charge in [-0.05, 0) is 0 Å². The van der Waals surface area contributed by atoms with Crippen molar-refractivity contribution in [1.82, 2.24) is 5.32 Å². The van der Waals surface area contributed by atoms with Crippen molar-refractivity contribution in [2.75, 3.05) is 6.54 Å². The maximum absolute atomic E-state index is 10.8. The first kappa shape index (κ1) is 7.62. The number of hydrogen-bond acceptors (Lipinski definition) is 4. The number of rotatable bonds is 2. The Hall–Kier alpha value is -1.49. The van der Waals surface area contributed by atoms with Crippen LogP contribution in [0, 0.1) is 0 Å². The fraction of sp³-hybridized carbons (Fsp3) is 0.167. The minimum Gasteiger partial charge on any atom is -0.324 e. The summed E-state index contributed by atoms with van der Waals surface area (Å²) < 4.78 is 0. The van der Waals surface area contributed by atoms with E-state index < -0.39 is 17.6 Å². The summed E-state index contributed by atoms with van der Waals surface area (Å²) in [4.78, 5) is 32.0. The lowest BCUT2D eigenvalue weighted by molar-refractivity contribution is -0.124. The van der Waals surface area contributed by atoms with Gasteiger partial charge in [-0.25, -0.2) is 0 Å². The van der Waals surface area contributed by atoms with E-state index in [1.807, 2.05) is 5.32 Å². The van der Waals surface area contributed by atoms with E-state index in [2.05, 4.69) is 0 Å². The Morgan fingerprint density at radius 2 is 2.18 bits per heavy atom. The number of amides is 2. The van der Waals surface area contributed by atoms with E-state index in [1.165, 1.54) is 0 Å². The largest absolute Gasteiger partial charge is 0.324 e. The smallest absolute Gasteiger partial charge is 0.261 e. The van der Waals surface area contributed by atoms with Crippen molar-refractivity contribution in [3.63, 3.8) is 0 Å². The number of carbonyl (C=O) groups excluding carboxylic acids is 3. The predicted molar refractivity (Wildman–Crippen MR) is 35.3 cm³/mol. The van der Waals surface area contributed by atoms with Gasteiger partial charge >= 0.3 is 0 Å². The van der Waals surface area contributed by atoms with Gasteiger partial charge in [-0.1, -0.05) is 0 Å². The second-order valence-electron chi connectivity index (χ2n) is 2.00. The zero-order chi connectivity index (χ0) is 8.43. The second-order valence-corrected chi connectivity index (χ2v) is 2.00. The van der Waals surface area contributed by atoms with Crippen molar-refractivity contribution < 1.29 is 14.4 Å². The highest BCUT2D eigenvalue weighted by Crippen LogP contribution is 2.01. The van der Waals surface area contributed by atoms with Gasteiger partial charge in [0.15, 0.2) is 5.78 Å². The van der Waals surface area contributed by atoms with Crippen LogP contribution in [0.25, 0.3) is 0 Å². The minimum atomic E-state index is -0.662. The standard InChI is InChI=1S/C6H6N2O3/c7-2-4(9)3-1-5(10)8-6(3)11/h1H,2,7H2,(H,8,10,11). The molecule has 3 N–H and O–H groups in total. The van der Waals surface area contributed by atoms with E-state index in [-0.39, 0.29) is 12.1 Å². The van der Waals surface area contributed by atoms with E-state index >= 15 is 0 Å². The van der Waals surface area contributed by atoms with Gasteiger partial charge in [-0.15, -0.1) is 0 Å². The van der Waals surface area contributed by atoms with Crippen LogP contribution < -0.4 is 11.1 Å². The summed E-state index contributed by atoms with van der Waals surface area (Å²) >= 11 is 0. The normalized spacial score (nSPS) is 16.3. The third-order valence-electron chi connectivity index (χ3n) is 1.24. The van der Waals surface area contributed by atoms with E-state index in [0.29, 0.717) is 0 Å². The summed E-state index contributed by atoms with van der Waals surface area (Å²) in [7, 11) is 0. The van der Waals surface area contributed by atoms with Gasteiger partial charge in [-0.2, -0.15) is 0 Å². The third kappa shape index (κ3) is 1.32. The van der Waals surface area contributed by atoms with Crippen LogP contribution in [0.2, 0.25) is 0 Å². The minimum absolute atomic E-state index is 0.155. The van der Waals surface area contributed by atoms with E-state index in [0.717, 1.165) is 6.08 Å². The molecule has 0 unspecified atom stereocenters. The number of nitrogens with one attached hydrogen (secondary N) is 1. The molecule has 1 aliphatic heterocycles. The first-order valence-corrected chi connectivity index (χ1v) is 2.95. The van der Waals surface area contributed by atoms with E-state index in [9.17, 15) is 14.4 Å². The second kappa shape index (κ2) is 2.63. The van der Waals surface area contributed by atoms with Crippen molar-refractivity contribution in [3.8, 4) is 0 Å². The van der Waals surface area contributed by atoms with Gasteiger partial charge in [0, 0.05) is 6.08 Å². The average molecular weight is 154 g/mol. The third-order valence-corrected chi connectivity index (χ3v) is 1.24. The Morgan fingerprint density at radius 1 is 1.55 bits per heavy atom. The molecule has 58 valence electrons. The first-order valence-electron chi connectivity index (χ1n) is 2.95. The van der Waals surface area contributed by atoms with Crippen LogP contribution in [0.3, 0.4) is 0 Å². The zero-order valence-electron chi connectivity index (χ0n) is 5.59. The molecular weight excluding hydrogens is 148 g/mol. The van der Waals surface area contributed by atoms with Crippen LogP contribution in [0.4, 0.5) is 0 Å². The van der Waals surface area contributed by atoms with E-state index in [4.69, 9.17) is 5.73 Å². The Balaban J connectivity index is 2.88. The van der Waals surface area contributed by atoms with Crippen LogP contribution in [-0.4, -0.2) is 24.1 Å². The Kier molecular flexibility index (Phi) is 1.82. The SMILES string of the molecule is NCC(=O)C1=CC(=O)NC1=O. The number of hydrogen-bond donors (Lipinski definition) is 2. The summed E-state index contributed by atoms with van der Waals surface area (Å²) in [6, 6.07) is 0. The van der Waals surface area contributed by atoms with Gasteiger partial charge in [-0.3, -0.25) is 19.7 Å². The molecule has 1 rings (SSSR count). The van der Waals surface area contributed by atoms with Gasteiger partial charge in [0.2, 0.25) is 0 Å². The highest BCUT2D eigenvalue weighted by atomic mass is 16.2. The molecule has 0 saturated carbocycles. The Labute approximate surface area is 62.2 Å². The summed E-state index contributed by atoms with van der Waals surface area (Å²) in [5.41, 5.74) is 4.82. The molecule has 1 aliphatic rings. The van der Waals surface area contributed by atoms with Crippen LogP contribution in [-0.2, 0) is 14.4 Å². The van der Waals surface area contributed by atoms with Crippen LogP contribution in [0.15, 0.2) is 11.6 Å². The molecule has 0 aromatic rings. The predicted octanol–water partition coefficient (Wildman–Crippen LogP) is -1.90. The molecule has 0 aliphatic carbocycles. The molecule has 0 spiro atoms. The maximum Gasteiger partial charge on any atom is 0.261 e. The molecule has 5 nitrogen and oxygen atoms in total. The van der Waals surface area contributed by atoms with Crippen molar-refractivity contribution in [1.29, 1.82) is 0 Å². The molecule has 0 radical (unpaired) electrons. The monoisotopic (exact) mass is 154 g/mol. The fourth-order valence-electron chi connectivity index (χ4n) is 0.729. The maximum atomic E-state index is 10.8. The first-order chi connectivity index (χ1) is 5.15. The molecule has 2 amide bonds. The highest BCUT2D eigenvalue weighted by molar-refractivity contribution is 6.30. The lowest BCUT2D eigenvalue weighted by atomic mass is 10.2. The van der Waals surface area contributed by atoms with Gasteiger partial charge < -0.3 is 5.73 Å². The fourth-order valence-corrected chi connectivity index (χ4v) is 0.729. The summed E-state index contributed by atoms with van der Waals surface area (Å²) in [5.74, 6) is -1.74. The summed E-state index contributed by atoms with van der Waals surface area (Å²) in [5, 5.41) is 1.94. The van der Waals surface area contributed by atoms with Crippen molar-refractivity contribution in [2.45, 2.75) is 0 Å². The number of imide groups is 1. The van der Waals surface area contributed by atoms with Crippen molar-refractivity contribution in [3.05, 3.63) is 11.6 Å². The molecule has 1 heterocycles. The van der Waals surface area contributed by atoms with Crippen LogP contribution in [0.5, 0.6) is 0 Å². The topological polar surface area (TPSA) is 89.3 Å². The van der Waals surface area contributed by atoms with Crippen LogP contribution in [0.1, 0.15) is 0 Å². The van der Waals surface area contributed by atoms with Crippen molar-refractivity contribution in [2.24, 2.45) is 5.73 Å². The van der Waals surface area contributed by atoms with Gasteiger partial charge in [0.1, 0.15) is 0 Å². The molecule has 0 fully saturated rings. The molecule has 0 atom stereocenters. The Morgan fingerprint density at radius 3 is 2.55 bits per heavy atom. The number of nitrogens with two attached hydrogens (primary N) is 1. The zero-order valence-corrected chi connectivity index (χ0v) is 5.59. The van der Waals surface area contributed by atoms with Crippen LogP contribution >= 0.6 is 0 Å². The molecular formula is C6H6N2O3. The van der Waals surface area contributed by atoms with Gasteiger partial charge in [0.05, 0.1) is 12.1 Å². The summed E-state index contributed by atoms with van der Waals surface area (Å²) in [6.07, 6.45) is 0.956. The molecule has 0 saturated heterocycles. The molecule has 5 heteroatoms. The molecule has 11 heavy (non-hydrogen) atoms. The van der Waals surface area contributed by atoms with Crippen molar-refractivity contribution >= 4 is 17.6 Å². The molecule has 0 aromatic heterocycles. The number of carbonyl (C=O) groups is 3. The summed E-state index contributed by atoms with van der Waals surface area (Å²) in [6.45, 7) is -0.257. The lowest BCUT2D eigenvalue weighted by Crippen LogP contribution is -2.26. The Bertz CT molecular complexity index is 267. The van der Waals surface area contributed by atoms with Gasteiger partial charge in [0.25, 0.3) is 11.8 Å². The number of Topliss-reactive ketones (excluding diaryl/α,β-unsaturated/α-hetero) is 1. The van der Waals surface area contributed by atoms with E-state index in [1.54, 1.807) is 0 Å². The quantitative estimate of drug-likeness (QED) is 0.359. The molecule has 0 aromatic carbocycles.